The van der Waals surface area contributed by atoms with Crippen molar-refractivity contribution in [3.05, 3.63) is 0 Å². The highest BCUT2D eigenvalue weighted by Crippen LogP contribution is 2.09. The molecule has 0 aromatic heterocycles. The van der Waals surface area contributed by atoms with Crippen LogP contribution in [0, 0.1) is 0 Å². The van der Waals surface area contributed by atoms with Crippen molar-refractivity contribution in [1.29, 1.82) is 0 Å². The number of nitrogens with zero attached hydrogens (tertiary/aromatic N) is 3. The van der Waals surface area contributed by atoms with E-state index in [2.05, 4.69) is 31.9 Å². The summed E-state index contributed by atoms with van der Waals surface area (Å²) in [6, 6.07) is 0. The SMILES string of the molecule is O=C(CCl)NCCOCCC(=O)NCC(=O)N1CN(C(=O)CNC(=O)CCOCCNC(=O)CCl)CN(C(=O)CNC(=O)CCOCCNC(=O)CCl)C1. The van der Waals surface area contributed by atoms with Gasteiger partial charge in [0.25, 0.3) is 0 Å². The van der Waals surface area contributed by atoms with Crippen LogP contribution in [-0.2, 0) is 57.4 Å². The van der Waals surface area contributed by atoms with Crippen LogP contribution in [-0.4, -0.2) is 184 Å². The van der Waals surface area contributed by atoms with Crippen LogP contribution in [0.4, 0.5) is 0 Å². The number of hydrogen-bond acceptors (Lipinski definition) is 12. The van der Waals surface area contributed by atoms with Crippen molar-refractivity contribution in [2.24, 2.45) is 0 Å². The number of ether oxygens (including phenoxy) is 3. The summed E-state index contributed by atoms with van der Waals surface area (Å²) in [5.74, 6) is -5.07. The quantitative estimate of drug-likeness (QED) is 0.0342. The van der Waals surface area contributed by atoms with Crippen molar-refractivity contribution >= 4 is 88.0 Å². The molecule has 0 aromatic rings. The van der Waals surface area contributed by atoms with E-state index in [0.29, 0.717) is 0 Å². The van der Waals surface area contributed by atoms with Gasteiger partial charge in [-0.3, -0.25) is 43.2 Å². The van der Waals surface area contributed by atoms with E-state index >= 15 is 0 Å². The fraction of sp³-hybridized carbons (Fsp3) is 0.700. The Hall–Kier alpha value is -4.02. The van der Waals surface area contributed by atoms with E-state index in [4.69, 9.17) is 49.0 Å². The van der Waals surface area contributed by atoms with Gasteiger partial charge in [-0.15, -0.1) is 34.8 Å². The molecule has 0 aromatic carbocycles. The van der Waals surface area contributed by atoms with E-state index in [9.17, 15) is 43.2 Å². The first kappa shape index (κ1) is 48.0. The van der Waals surface area contributed by atoms with Gasteiger partial charge in [-0.2, -0.15) is 0 Å². The molecule has 24 heteroatoms. The van der Waals surface area contributed by atoms with Gasteiger partial charge in [0, 0.05) is 38.9 Å². The summed E-state index contributed by atoms with van der Waals surface area (Å²) in [4.78, 5) is 113. The molecule has 0 spiro atoms. The molecule has 0 unspecified atom stereocenters. The standard InChI is InChI=1S/C30H48Cl3N9O12/c31-13-25(46)34-4-10-52-7-1-22(43)37-16-28(49)40-19-41(29(50)17-38-23(44)2-8-53-11-5-35-26(47)14-32)21-42(20-40)30(51)18-39-24(45)3-9-54-12-6-36-27(48)15-33/h1-21H2,(H,34,46)(H,35,47)(H,36,48)(H,37,43)(H,38,44)(H,39,45). The molecule has 0 bridgehead atoms. The van der Waals surface area contributed by atoms with Crippen LogP contribution in [0.15, 0.2) is 0 Å². The summed E-state index contributed by atoms with van der Waals surface area (Å²) in [6.45, 7) is -1.11. The Labute approximate surface area is 327 Å². The van der Waals surface area contributed by atoms with E-state index in [1.165, 1.54) is 0 Å². The van der Waals surface area contributed by atoms with E-state index in [0.717, 1.165) is 14.7 Å². The molecule has 9 amide bonds. The fourth-order valence-corrected chi connectivity index (χ4v) is 4.36. The van der Waals surface area contributed by atoms with Crippen LogP contribution in [0.3, 0.4) is 0 Å². The minimum atomic E-state index is -0.629. The van der Waals surface area contributed by atoms with Crippen LogP contribution >= 0.6 is 34.8 Å². The van der Waals surface area contributed by atoms with Crippen LogP contribution in [0.1, 0.15) is 19.3 Å². The minimum absolute atomic E-state index is 0.0142. The summed E-state index contributed by atoms with van der Waals surface area (Å²) in [5.41, 5.74) is 0. The van der Waals surface area contributed by atoms with Crippen molar-refractivity contribution in [2.45, 2.75) is 19.3 Å². The largest absolute Gasteiger partial charge is 0.379 e. The normalized spacial score (nSPS) is 12.4. The fourth-order valence-electron chi connectivity index (χ4n) is 4.08. The second-order valence-corrected chi connectivity index (χ2v) is 11.9. The van der Waals surface area contributed by atoms with Crippen LogP contribution in [0.2, 0.25) is 0 Å². The highest BCUT2D eigenvalue weighted by molar-refractivity contribution is 6.27. The zero-order valence-corrected chi connectivity index (χ0v) is 32.0. The number of nitrogens with one attached hydrogen (secondary N) is 6. The van der Waals surface area contributed by atoms with E-state index in [1.807, 2.05) is 0 Å². The maximum absolute atomic E-state index is 13.1. The lowest BCUT2D eigenvalue weighted by atomic mass is 10.3. The Kier molecular flexibility index (Phi) is 26.1. The highest BCUT2D eigenvalue weighted by atomic mass is 35.5. The molecule has 1 rings (SSSR count). The van der Waals surface area contributed by atoms with E-state index in [1.54, 1.807) is 0 Å². The monoisotopic (exact) mass is 831 g/mol. The first-order valence-corrected chi connectivity index (χ1v) is 18.3. The summed E-state index contributed by atoms with van der Waals surface area (Å²) < 4.78 is 15.8. The average Bonchev–Trinajstić information content (AvgIpc) is 3.18. The van der Waals surface area contributed by atoms with Crippen molar-refractivity contribution in [3.8, 4) is 0 Å². The van der Waals surface area contributed by atoms with Crippen LogP contribution in [0.5, 0.6) is 0 Å². The third-order valence-corrected chi connectivity index (χ3v) is 7.61. The molecule has 1 saturated heterocycles. The Balaban J connectivity index is 2.67. The molecule has 0 saturated carbocycles. The lowest BCUT2D eigenvalue weighted by Gasteiger charge is -2.42. The summed E-state index contributed by atoms with van der Waals surface area (Å²) in [7, 11) is 0. The molecule has 21 nitrogen and oxygen atoms in total. The van der Waals surface area contributed by atoms with Gasteiger partial charge in [-0.1, -0.05) is 0 Å². The first-order valence-electron chi connectivity index (χ1n) is 16.7. The summed E-state index contributed by atoms with van der Waals surface area (Å²) >= 11 is 16.2. The lowest BCUT2D eigenvalue weighted by molar-refractivity contribution is -0.158. The molecular weight excluding hydrogens is 785 g/mol. The topological polar surface area (TPSA) is 263 Å². The zero-order chi connectivity index (χ0) is 40.1. The van der Waals surface area contributed by atoms with Gasteiger partial charge in [0.15, 0.2) is 0 Å². The Morgan fingerprint density at radius 2 is 0.648 bits per heavy atom. The van der Waals surface area contributed by atoms with Crippen molar-refractivity contribution < 1.29 is 57.4 Å². The lowest BCUT2D eigenvalue weighted by Crippen LogP contribution is -2.62. The Bertz CT molecular complexity index is 1110. The molecular formula is C30H48Cl3N9O12. The van der Waals surface area contributed by atoms with Gasteiger partial charge in [0.1, 0.15) is 17.6 Å². The van der Waals surface area contributed by atoms with E-state index < -0.39 is 55.1 Å². The molecule has 54 heavy (non-hydrogen) atoms. The third kappa shape index (κ3) is 22.9. The van der Waals surface area contributed by atoms with Gasteiger partial charge in [0.05, 0.1) is 79.3 Å². The van der Waals surface area contributed by atoms with Gasteiger partial charge >= 0.3 is 0 Å². The second kappa shape index (κ2) is 29.4. The number of hydrogen-bond donors (Lipinski definition) is 6. The van der Waals surface area contributed by atoms with E-state index in [-0.39, 0.29) is 134 Å². The molecule has 1 fully saturated rings. The molecule has 6 N–H and O–H groups in total. The highest BCUT2D eigenvalue weighted by Gasteiger charge is 2.32. The van der Waals surface area contributed by atoms with Crippen LogP contribution < -0.4 is 31.9 Å². The molecule has 1 heterocycles. The second-order valence-electron chi connectivity index (χ2n) is 11.1. The molecule has 306 valence electrons. The number of halogens is 3. The van der Waals surface area contributed by atoms with Gasteiger partial charge in [-0.05, 0) is 0 Å². The predicted octanol–water partition coefficient (Wildman–Crippen LogP) is -4.01. The zero-order valence-electron chi connectivity index (χ0n) is 29.7. The van der Waals surface area contributed by atoms with Gasteiger partial charge < -0.3 is 60.8 Å². The predicted molar refractivity (Wildman–Crippen MR) is 192 cm³/mol. The maximum atomic E-state index is 13.1. The number of alkyl halides is 3. The third-order valence-electron chi connectivity index (χ3n) is 6.88. The number of carbonyl (C=O) groups excluding carboxylic acids is 9. The Morgan fingerprint density at radius 3 is 0.889 bits per heavy atom. The molecule has 0 aliphatic carbocycles. The number of rotatable bonds is 27. The minimum Gasteiger partial charge on any atom is -0.379 e. The first-order chi connectivity index (χ1) is 25.9. The summed E-state index contributed by atoms with van der Waals surface area (Å²) in [5, 5.41) is 14.9. The van der Waals surface area contributed by atoms with Gasteiger partial charge in [-0.25, -0.2) is 0 Å². The summed E-state index contributed by atoms with van der Waals surface area (Å²) in [6.07, 6.45) is -0.260. The number of amides is 9. The van der Waals surface area contributed by atoms with Crippen molar-refractivity contribution in [3.63, 3.8) is 0 Å². The molecule has 1 aliphatic rings. The molecule has 1 aliphatic heterocycles. The van der Waals surface area contributed by atoms with Crippen molar-refractivity contribution in [2.75, 3.05) is 117 Å². The van der Waals surface area contributed by atoms with Crippen molar-refractivity contribution in [1.82, 2.24) is 46.6 Å². The molecule has 0 atom stereocenters. The maximum Gasteiger partial charge on any atom is 0.244 e. The average molecular weight is 833 g/mol. The Morgan fingerprint density at radius 1 is 0.389 bits per heavy atom. The molecule has 0 radical (unpaired) electrons. The van der Waals surface area contributed by atoms with Gasteiger partial charge in [0.2, 0.25) is 53.2 Å². The smallest absolute Gasteiger partial charge is 0.244 e. The van der Waals surface area contributed by atoms with Crippen LogP contribution in [0.25, 0.3) is 0 Å². The number of carbonyl (C=O) groups is 9.